The van der Waals surface area contributed by atoms with Gasteiger partial charge in [0.25, 0.3) is 0 Å². The van der Waals surface area contributed by atoms with Crippen LogP contribution >= 0.6 is 10.0 Å². The molecule has 2 amide bonds. The van der Waals surface area contributed by atoms with Crippen LogP contribution < -0.4 is 4.74 Å². The summed E-state index contributed by atoms with van der Waals surface area (Å²) >= 11 is 0. The van der Waals surface area contributed by atoms with Crippen molar-refractivity contribution in [3.8, 4) is 5.75 Å². The van der Waals surface area contributed by atoms with Gasteiger partial charge in [-0.2, -0.15) is 0 Å². The molecular formula is C54H65NO12S. The van der Waals surface area contributed by atoms with Crippen molar-refractivity contribution in [1.29, 1.82) is 0 Å². The number of nitrogens with zero attached hydrogens (tertiary/aromatic N) is 1. The van der Waals surface area contributed by atoms with Gasteiger partial charge < -0.3 is 28.4 Å². The maximum Gasteiger partial charge on any atom is 0.419 e. The van der Waals surface area contributed by atoms with E-state index >= 15 is 0 Å². The Bertz CT molecular complexity index is 2330. The summed E-state index contributed by atoms with van der Waals surface area (Å²) in [6, 6.07) is 41.7. The van der Waals surface area contributed by atoms with Gasteiger partial charge in [0.05, 0.1) is 26.6 Å². The number of esters is 3. The van der Waals surface area contributed by atoms with E-state index in [9.17, 15) is 28.8 Å². The predicted octanol–water partition coefficient (Wildman–Crippen LogP) is 10.8. The summed E-state index contributed by atoms with van der Waals surface area (Å²) in [5.74, 6) is -1.28. The second kappa shape index (κ2) is 26.1. The number of imide groups is 1. The Morgan fingerprint density at radius 2 is 1.19 bits per heavy atom. The lowest BCUT2D eigenvalue weighted by molar-refractivity contribution is -0.163. The highest BCUT2D eigenvalue weighted by Crippen LogP contribution is 2.66. The summed E-state index contributed by atoms with van der Waals surface area (Å²) in [5, 5.41) is 1.96. The molecule has 14 heteroatoms. The van der Waals surface area contributed by atoms with E-state index in [0.717, 1.165) is 41.5 Å². The Hall–Kier alpha value is -6.51. The fourth-order valence-corrected chi connectivity index (χ4v) is 10.3. The van der Waals surface area contributed by atoms with Crippen molar-refractivity contribution in [2.24, 2.45) is 10.8 Å². The van der Waals surface area contributed by atoms with Crippen LogP contribution in [0.3, 0.4) is 0 Å². The molecule has 0 radical (unpaired) electrons. The van der Waals surface area contributed by atoms with Crippen molar-refractivity contribution in [3.63, 3.8) is 0 Å². The highest BCUT2D eigenvalue weighted by molar-refractivity contribution is 8.44. The molecule has 0 heterocycles. The minimum Gasteiger partial charge on any atom is -0.497 e. The molecule has 0 aliphatic rings. The van der Waals surface area contributed by atoms with Crippen LogP contribution in [0.2, 0.25) is 0 Å². The van der Waals surface area contributed by atoms with E-state index in [1.807, 2.05) is 155 Å². The molecule has 0 aliphatic carbocycles. The van der Waals surface area contributed by atoms with Gasteiger partial charge in [-0.3, -0.25) is 24.0 Å². The predicted molar refractivity (Wildman–Crippen MR) is 262 cm³/mol. The highest BCUT2D eigenvalue weighted by Gasteiger charge is 2.32. The van der Waals surface area contributed by atoms with Crippen molar-refractivity contribution in [2.45, 2.75) is 94.4 Å². The fraction of sp³-hybridized carbons (Fsp3) is 0.370. The van der Waals surface area contributed by atoms with E-state index in [1.165, 1.54) is 21.0 Å². The first-order chi connectivity index (χ1) is 32.4. The first kappa shape index (κ1) is 54.1. The maximum atomic E-state index is 12.7. The number of benzene rings is 5. The van der Waals surface area contributed by atoms with Crippen LogP contribution in [0.4, 0.5) is 4.79 Å². The van der Waals surface area contributed by atoms with Gasteiger partial charge in [-0.25, -0.2) is 9.69 Å². The molecule has 13 nitrogen and oxygen atoms in total. The van der Waals surface area contributed by atoms with Crippen molar-refractivity contribution >= 4 is 56.3 Å². The lowest BCUT2D eigenvalue weighted by Crippen LogP contribution is -2.38. The molecule has 1 unspecified atom stereocenters. The molecule has 68 heavy (non-hydrogen) atoms. The molecule has 364 valence electrons. The SMILES string of the molecule is COCC(COC(C)=O)OC(=O)CC(C)(C)CCC(C)(C)CC(=O)OCOC(=O)N(CCc1cccc2ccc(OC)cc12)C(C)=O.O=CS(c1ccccc1)(c1ccccc1)c1ccccc1. The molecule has 0 saturated carbocycles. The molecule has 0 aliphatic heterocycles. The van der Waals surface area contributed by atoms with E-state index in [-0.39, 0.29) is 32.6 Å². The number of amides is 2. The largest absolute Gasteiger partial charge is 0.497 e. The first-order valence-electron chi connectivity index (χ1n) is 22.4. The molecule has 0 aromatic heterocycles. The molecular weight excluding hydrogens is 887 g/mol. The lowest BCUT2D eigenvalue weighted by Gasteiger charge is -2.35. The zero-order chi connectivity index (χ0) is 49.7. The van der Waals surface area contributed by atoms with Crippen molar-refractivity contribution in [2.75, 3.05) is 40.8 Å². The number of carbonyl (C=O) groups is 6. The Balaban J connectivity index is 0.000000394. The van der Waals surface area contributed by atoms with Crippen molar-refractivity contribution < 1.29 is 57.2 Å². The highest BCUT2D eigenvalue weighted by atomic mass is 32.3. The van der Waals surface area contributed by atoms with Crippen LogP contribution in [-0.2, 0) is 54.1 Å². The van der Waals surface area contributed by atoms with E-state index in [4.69, 9.17) is 28.4 Å². The summed E-state index contributed by atoms with van der Waals surface area (Å²) in [7, 11) is 1.20. The third kappa shape index (κ3) is 16.4. The van der Waals surface area contributed by atoms with E-state index in [2.05, 4.69) is 0 Å². The monoisotopic (exact) mass is 951 g/mol. The minimum atomic E-state index is -1.85. The number of carbonyl (C=O) groups excluding carboxylic acids is 6. The van der Waals surface area contributed by atoms with Crippen LogP contribution in [0.15, 0.2) is 142 Å². The number of hydrogen-bond donors (Lipinski definition) is 0. The summed E-state index contributed by atoms with van der Waals surface area (Å²) in [4.78, 5) is 77.7. The van der Waals surface area contributed by atoms with Gasteiger partial charge in [-0.1, -0.05) is 107 Å². The van der Waals surface area contributed by atoms with Gasteiger partial charge in [0, 0.05) is 42.2 Å². The van der Waals surface area contributed by atoms with E-state index in [0.29, 0.717) is 25.0 Å². The Morgan fingerprint density at radius 1 is 0.647 bits per heavy atom. The topological polar surface area (TPSA) is 161 Å². The molecule has 5 rings (SSSR count). The zero-order valence-electron chi connectivity index (χ0n) is 40.4. The molecule has 0 saturated heterocycles. The first-order valence-corrected chi connectivity index (χ1v) is 24.0. The summed E-state index contributed by atoms with van der Waals surface area (Å²) in [5.41, 5.74) is 1.14. The number of methoxy groups -OCH3 is 2. The molecule has 5 aromatic carbocycles. The minimum absolute atomic E-state index is 0.0460. The fourth-order valence-electron chi connectivity index (χ4n) is 7.40. The standard InChI is InChI=1S/C35H49NO11.C19H16OS/c1-24(37)36(17-14-27-11-9-10-26-12-13-28(43-8)18-30(26)27)33(41)46-23-45-31(39)19-34(3,4)15-16-35(5,6)20-32(40)47-29(21-42-7)22-44-25(2)38;20-16-21(17-10-4-1-5-11-17,18-12-6-2-7-13-18)19-14-8-3-9-15-19/h9-13,18,29H,14-17,19-23H2,1-8H3;1-16H. The molecule has 5 aromatic rings. The molecule has 0 spiro atoms. The van der Waals surface area contributed by atoms with Gasteiger partial charge in [0.15, 0.2) is 11.7 Å². The van der Waals surface area contributed by atoms with E-state index < -0.39 is 63.7 Å². The molecule has 0 N–H and O–H groups in total. The number of ether oxygens (including phenoxy) is 6. The summed E-state index contributed by atoms with van der Waals surface area (Å²) in [6.45, 7) is 9.66. The van der Waals surface area contributed by atoms with Gasteiger partial charge >= 0.3 is 24.0 Å². The third-order valence-corrected chi connectivity index (χ3v) is 14.5. The average Bonchev–Trinajstić information content (AvgIpc) is 3.31. The number of fused-ring (bicyclic) bond motifs is 1. The maximum absolute atomic E-state index is 12.7. The summed E-state index contributed by atoms with van der Waals surface area (Å²) < 4.78 is 31.1. The van der Waals surface area contributed by atoms with Crippen LogP contribution in [-0.4, -0.2) is 87.3 Å². The van der Waals surface area contributed by atoms with Gasteiger partial charge in [0.2, 0.25) is 12.7 Å². The lowest BCUT2D eigenvalue weighted by atomic mass is 9.76. The Morgan fingerprint density at radius 3 is 1.68 bits per heavy atom. The Kier molecular flexibility index (Phi) is 20.8. The third-order valence-electron chi connectivity index (χ3n) is 11.1. The van der Waals surface area contributed by atoms with Crippen molar-refractivity contribution in [3.05, 3.63) is 133 Å². The van der Waals surface area contributed by atoms with E-state index in [1.54, 1.807) is 7.11 Å². The van der Waals surface area contributed by atoms with Crippen LogP contribution in [0.1, 0.15) is 72.8 Å². The van der Waals surface area contributed by atoms with Crippen LogP contribution in [0, 0.1) is 10.8 Å². The van der Waals surface area contributed by atoms with Crippen molar-refractivity contribution in [1.82, 2.24) is 4.90 Å². The Labute approximate surface area is 401 Å². The smallest absolute Gasteiger partial charge is 0.419 e. The number of hydrogen-bond acceptors (Lipinski definition) is 12. The molecule has 0 bridgehead atoms. The van der Waals surface area contributed by atoms with Gasteiger partial charge in [0.1, 0.15) is 12.4 Å². The normalized spacial score (nSPS) is 12.1. The number of rotatable bonds is 22. The quantitative estimate of drug-likeness (QED) is 0.0280. The molecule has 0 fully saturated rings. The van der Waals surface area contributed by atoms with Crippen LogP contribution in [0.25, 0.3) is 10.8 Å². The van der Waals surface area contributed by atoms with Gasteiger partial charge in [-0.05, 0) is 95.0 Å². The molecule has 1 atom stereocenters. The second-order valence-electron chi connectivity index (χ2n) is 17.7. The van der Waals surface area contributed by atoms with Crippen LogP contribution in [0.5, 0.6) is 5.75 Å². The van der Waals surface area contributed by atoms with Gasteiger partial charge in [-0.15, -0.1) is 10.0 Å². The summed E-state index contributed by atoms with van der Waals surface area (Å²) in [6.07, 6.45) is 0.141. The zero-order valence-corrected chi connectivity index (χ0v) is 41.2. The average molecular weight is 952 g/mol. The second-order valence-corrected chi connectivity index (χ2v) is 20.6.